The molecule has 0 heterocycles. The van der Waals surface area contributed by atoms with Crippen molar-refractivity contribution in [2.45, 2.75) is 23.5 Å². The van der Waals surface area contributed by atoms with E-state index in [1.54, 1.807) is 18.2 Å². The van der Waals surface area contributed by atoms with E-state index in [2.05, 4.69) is 10.6 Å². The van der Waals surface area contributed by atoms with Crippen LogP contribution < -0.4 is 10.6 Å². The van der Waals surface area contributed by atoms with Crippen LogP contribution in [-0.4, -0.2) is 17.1 Å². The predicted octanol–water partition coefficient (Wildman–Crippen LogP) is 6.74. The van der Waals surface area contributed by atoms with Crippen molar-refractivity contribution in [2.24, 2.45) is 0 Å². The van der Waals surface area contributed by atoms with Crippen LogP contribution in [0.15, 0.2) is 95.9 Å². The smallest absolute Gasteiger partial charge is 0.255 e. The summed E-state index contributed by atoms with van der Waals surface area (Å²) in [5.74, 6) is -0.936. The van der Waals surface area contributed by atoms with E-state index in [-0.39, 0.29) is 17.5 Å². The molecule has 2 amide bonds. The van der Waals surface area contributed by atoms with E-state index in [4.69, 9.17) is 0 Å². The Hall–Kier alpha value is -3.64. The standard InChI is InChI=1S/C27H23FN2O2S/c1-2-25(27(32)30-24-13-6-5-12-23(24)28)33-22-11-7-10-21(17-22)29-26(31)20-15-14-18-8-3-4-9-19(18)16-20/h3-17,25H,2H2,1H3,(H,29,31)(H,30,32). The summed E-state index contributed by atoms with van der Waals surface area (Å²) in [4.78, 5) is 26.3. The minimum absolute atomic E-state index is 0.165. The average molecular weight is 459 g/mol. The fraction of sp³-hybridized carbons (Fsp3) is 0.111. The van der Waals surface area contributed by atoms with Crippen LogP contribution in [0.3, 0.4) is 0 Å². The zero-order chi connectivity index (χ0) is 23.2. The molecule has 0 bridgehead atoms. The number of thioether (sulfide) groups is 1. The number of anilines is 2. The highest BCUT2D eigenvalue weighted by molar-refractivity contribution is 8.00. The minimum Gasteiger partial charge on any atom is -0.323 e. The number of halogens is 1. The molecule has 0 radical (unpaired) electrons. The molecule has 33 heavy (non-hydrogen) atoms. The molecule has 6 heteroatoms. The van der Waals surface area contributed by atoms with Crippen LogP contribution in [0.5, 0.6) is 0 Å². The highest BCUT2D eigenvalue weighted by Crippen LogP contribution is 2.29. The van der Waals surface area contributed by atoms with E-state index in [1.165, 1.54) is 23.9 Å². The largest absolute Gasteiger partial charge is 0.323 e. The molecule has 4 aromatic carbocycles. The molecular formula is C27H23FN2O2S. The lowest BCUT2D eigenvalue weighted by atomic mass is 10.1. The van der Waals surface area contributed by atoms with Crippen molar-refractivity contribution < 1.29 is 14.0 Å². The third kappa shape index (κ3) is 5.59. The first kappa shape index (κ1) is 22.6. The van der Waals surface area contributed by atoms with Crippen LogP contribution in [-0.2, 0) is 4.79 Å². The number of amides is 2. The van der Waals surface area contributed by atoms with E-state index < -0.39 is 11.1 Å². The molecule has 0 saturated carbocycles. The Morgan fingerprint density at radius 1 is 0.848 bits per heavy atom. The van der Waals surface area contributed by atoms with Crippen LogP contribution in [0.25, 0.3) is 10.8 Å². The summed E-state index contributed by atoms with van der Waals surface area (Å²) >= 11 is 1.38. The Labute approximate surface area is 196 Å². The van der Waals surface area contributed by atoms with Gasteiger partial charge in [0.2, 0.25) is 5.91 Å². The second-order valence-electron chi connectivity index (χ2n) is 7.53. The van der Waals surface area contributed by atoms with Gasteiger partial charge in [-0.15, -0.1) is 11.8 Å². The van der Waals surface area contributed by atoms with Gasteiger partial charge in [-0.1, -0.05) is 55.5 Å². The Bertz CT molecular complexity index is 1310. The molecule has 4 rings (SSSR count). The van der Waals surface area contributed by atoms with Gasteiger partial charge >= 0.3 is 0 Å². The van der Waals surface area contributed by atoms with E-state index >= 15 is 0 Å². The monoisotopic (exact) mass is 458 g/mol. The van der Waals surface area contributed by atoms with Gasteiger partial charge in [0.1, 0.15) is 5.82 Å². The summed E-state index contributed by atoms with van der Waals surface area (Å²) in [5, 5.41) is 7.26. The van der Waals surface area contributed by atoms with Crippen LogP contribution in [0.1, 0.15) is 23.7 Å². The fourth-order valence-corrected chi connectivity index (χ4v) is 4.46. The summed E-state index contributed by atoms with van der Waals surface area (Å²) in [6.45, 7) is 1.91. The van der Waals surface area contributed by atoms with Crippen molar-refractivity contribution in [1.29, 1.82) is 0 Å². The van der Waals surface area contributed by atoms with Gasteiger partial charge < -0.3 is 10.6 Å². The third-order valence-electron chi connectivity index (χ3n) is 5.18. The zero-order valence-corrected chi connectivity index (χ0v) is 18.9. The van der Waals surface area contributed by atoms with E-state index in [0.717, 1.165) is 15.7 Å². The minimum atomic E-state index is -0.468. The van der Waals surface area contributed by atoms with Crippen molar-refractivity contribution in [3.63, 3.8) is 0 Å². The van der Waals surface area contributed by atoms with Gasteiger partial charge in [-0.05, 0) is 59.7 Å². The van der Waals surface area contributed by atoms with Crippen LogP contribution in [0.4, 0.5) is 15.8 Å². The summed E-state index contributed by atoms with van der Waals surface area (Å²) in [6, 6.07) is 26.9. The molecule has 4 nitrogen and oxygen atoms in total. The number of fused-ring (bicyclic) bond motifs is 1. The molecule has 0 aliphatic rings. The first-order valence-electron chi connectivity index (χ1n) is 10.7. The maximum Gasteiger partial charge on any atom is 0.255 e. The van der Waals surface area contributed by atoms with Gasteiger partial charge in [-0.25, -0.2) is 4.39 Å². The van der Waals surface area contributed by atoms with Crippen molar-refractivity contribution in [2.75, 3.05) is 10.6 Å². The lowest BCUT2D eigenvalue weighted by Gasteiger charge is -2.16. The Morgan fingerprint density at radius 3 is 2.39 bits per heavy atom. The molecule has 0 aliphatic heterocycles. The molecular weight excluding hydrogens is 435 g/mol. The molecule has 1 atom stereocenters. The van der Waals surface area contributed by atoms with Crippen LogP contribution in [0.2, 0.25) is 0 Å². The lowest BCUT2D eigenvalue weighted by Crippen LogP contribution is -2.25. The Morgan fingerprint density at radius 2 is 1.61 bits per heavy atom. The Kier molecular flexibility index (Phi) is 7.05. The molecule has 4 aromatic rings. The first-order chi connectivity index (χ1) is 16.0. The molecule has 166 valence electrons. The number of benzene rings is 4. The summed E-state index contributed by atoms with van der Waals surface area (Å²) in [6.07, 6.45) is 0.568. The average Bonchev–Trinajstić information content (AvgIpc) is 2.83. The van der Waals surface area contributed by atoms with Crippen molar-refractivity contribution >= 4 is 45.7 Å². The van der Waals surface area contributed by atoms with Crippen molar-refractivity contribution in [3.05, 3.63) is 102 Å². The highest BCUT2D eigenvalue weighted by atomic mass is 32.2. The van der Waals surface area contributed by atoms with Crippen LogP contribution in [0, 0.1) is 5.82 Å². The van der Waals surface area contributed by atoms with Gasteiger partial charge in [0.05, 0.1) is 10.9 Å². The van der Waals surface area contributed by atoms with E-state index in [0.29, 0.717) is 17.7 Å². The predicted molar refractivity (Wildman–Crippen MR) is 133 cm³/mol. The normalized spacial score (nSPS) is 11.7. The van der Waals surface area contributed by atoms with Gasteiger partial charge in [-0.2, -0.15) is 0 Å². The molecule has 2 N–H and O–H groups in total. The topological polar surface area (TPSA) is 58.2 Å². The highest BCUT2D eigenvalue weighted by Gasteiger charge is 2.19. The molecule has 0 fully saturated rings. The lowest BCUT2D eigenvalue weighted by molar-refractivity contribution is -0.115. The summed E-state index contributed by atoms with van der Waals surface area (Å²) in [5.41, 5.74) is 1.38. The quantitative estimate of drug-likeness (QED) is 0.302. The van der Waals surface area contributed by atoms with Gasteiger partial charge in [0.25, 0.3) is 5.91 Å². The molecule has 0 aromatic heterocycles. The Balaban J connectivity index is 1.44. The zero-order valence-electron chi connectivity index (χ0n) is 18.0. The second kappa shape index (κ2) is 10.3. The maximum absolute atomic E-state index is 13.9. The van der Waals surface area contributed by atoms with Gasteiger partial charge in [-0.3, -0.25) is 9.59 Å². The maximum atomic E-state index is 13.9. The van der Waals surface area contributed by atoms with Gasteiger partial charge in [0, 0.05) is 16.1 Å². The van der Waals surface area contributed by atoms with Gasteiger partial charge in [0.15, 0.2) is 0 Å². The molecule has 0 saturated heterocycles. The van der Waals surface area contributed by atoms with Crippen LogP contribution >= 0.6 is 11.8 Å². The summed E-state index contributed by atoms with van der Waals surface area (Å²) in [7, 11) is 0. The number of hydrogen-bond donors (Lipinski definition) is 2. The second-order valence-corrected chi connectivity index (χ2v) is 8.80. The molecule has 1 unspecified atom stereocenters. The van der Waals surface area contributed by atoms with Crippen molar-refractivity contribution in [1.82, 2.24) is 0 Å². The fourth-order valence-electron chi connectivity index (χ4n) is 3.44. The number of nitrogens with one attached hydrogen (secondary N) is 2. The number of carbonyl (C=O) groups is 2. The molecule has 0 spiro atoms. The first-order valence-corrected chi connectivity index (χ1v) is 11.5. The van der Waals surface area contributed by atoms with E-state index in [1.807, 2.05) is 67.6 Å². The van der Waals surface area contributed by atoms with E-state index in [9.17, 15) is 14.0 Å². The number of para-hydroxylation sites is 1. The number of carbonyl (C=O) groups excluding carboxylic acids is 2. The third-order valence-corrected chi connectivity index (χ3v) is 6.53. The SMILES string of the molecule is CCC(Sc1cccc(NC(=O)c2ccc3ccccc3c2)c1)C(=O)Nc1ccccc1F. The molecule has 0 aliphatic carbocycles. The van der Waals surface area contributed by atoms with Crippen molar-refractivity contribution in [3.8, 4) is 0 Å². The number of rotatable bonds is 7. The summed E-state index contributed by atoms with van der Waals surface area (Å²) < 4.78 is 13.9. The number of hydrogen-bond acceptors (Lipinski definition) is 3.